The minimum Gasteiger partial charge on any atom is -0.489 e. The number of anilines is 1. The van der Waals surface area contributed by atoms with Crippen LogP contribution in [0, 0.1) is 5.92 Å². The summed E-state index contributed by atoms with van der Waals surface area (Å²) in [5.41, 5.74) is 5.98. The van der Waals surface area contributed by atoms with Crippen molar-refractivity contribution in [3.05, 3.63) is 77.4 Å². The average molecular weight is 496 g/mol. The van der Waals surface area contributed by atoms with Crippen molar-refractivity contribution in [2.75, 3.05) is 24.6 Å². The van der Waals surface area contributed by atoms with E-state index in [9.17, 15) is 9.59 Å². The number of ether oxygens (including phenoxy) is 2. The normalized spacial score (nSPS) is 13.7. The van der Waals surface area contributed by atoms with Crippen LogP contribution >= 0.6 is 11.6 Å². The lowest BCUT2D eigenvalue weighted by atomic mass is 9.96. The van der Waals surface area contributed by atoms with Crippen molar-refractivity contribution >= 4 is 29.2 Å². The maximum Gasteiger partial charge on any atom is 0.276 e. The molecule has 2 aromatic carbocycles. The monoisotopic (exact) mass is 495 g/mol. The van der Waals surface area contributed by atoms with Crippen molar-refractivity contribution in [1.29, 1.82) is 0 Å². The SMILES string of the molecule is O=C(COc1ccc(OCc2ccccc2)cc1)NNC(=O)C1CCN(c2ccc(Cl)nn2)CC1. The lowest BCUT2D eigenvalue weighted by molar-refractivity contribution is -0.132. The number of nitrogens with zero attached hydrogens (tertiary/aromatic N) is 3. The Morgan fingerprint density at radius 2 is 1.57 bits per heavy atom. The smallest absolute Gasteiger partial charge is 0.276 e. The van der Waals surface area contributed by atoms with Crippen LogP contribution in [0.4, 0.5) is 5.82 Å². The Bertz CT molecular complexity index is 1100. The summed E-state index contributed by atoms with van der Waals surface area (Å²) in [7, 11) is 0. The van der Waals surface area contributed by atoms with Crippen molar-refractivity contribution in [2.45, 2.75) is 19.4 Å². The molecule has 0 unspecified atom stereocenters. The van der Waals surface area contributed by atoms with E-state index >= 15 is 0 Å². The van der Waals surface area contributed by atoms with Gasteiger partial charge in [0, 0.05) is 19.0 Å². The van der Waals surface area contributed by atoms with Crippen molar-refractivity contribution in [3.63, 3.8) is 0 Å². The lowest BCUT2D eigenvalue weighted by Crippen LogP contribution is -2.48. The molecule has 0 atom stereocenters. The zero-order chi connectivity index (χ0) is 24.5. The third kappa shape index (κ3) is 7.31. The number of hydrogen-bond donors (Lipinski definition) is 2. The van der Waals surface area contributed by atoms with Crippen LogP contribution in [0.1, 0.15) is 18.4 Å². The number of rotatable bonds is 8. The van der Waals surface area contributed by atoms with Crippen LogP contribution in [0.3, 0.4) is 0 Å². The van der Waals surface area contributed by atoms with E-state index in [-0.39, 0.29) is 18.4 Å². The third-order valence-electron chi connectivity index (χ3n) is 5.57. The number of halogens is 1. The minimum atomic E-state index is -0.448. The van der Waals surface area contributed by atoms with Gasteiger partial charge in [-0.15, -0.1) is 10.2 Å². The molecular weight excluding hydrogens is 470 g/mol. The fourth-order valence-corrected chi connectivity index (χ4v) is 3.74. The third-order valence-corrected chi connectivity index (χ3v) is 5.78. The van der Waals surface area contributed by atoms with Crippen molar-refractivity contribution in [3.8, 4) is 11.5 Å². The van der Waals surface area contributed by atoms with Crippen LogP contribution in [0.2, 0.25) is 5.15 Å². The summed E-state index contributed by atoms with van der Waals surface area (Å²) in [5, 5.41) is 8.26. The van der Waals surface area contributed by atoms with Gasteiger partial charge in [0.05, 0.1) is 0 Å². The molecular formula is C25H26ClN5O4. The molecule has 35 heavy (non-hydrogen) atoms. The molecule has 1 saturated heterocycles. The molecule has 10 heteroatoms. The van der Waals surface area contributed by atoms with Gasteiger partial charge in [-0.2, -0.15) is 0 Å². The number of hydrogen-bond acceptors (Lipinski definition) is 7. The second kappa shape index (κ2) is 12.0. The molecule has 0 saturated carbocycles. The zero-order valence-corrected chi connectivity index (χ0v) is 19.8. The van der Waals surface area contributed by atoms with E-state index < -0.39 is 5.91 Å². The number of carbonyl (C=O) groups excluding carboxylic acids is 2. The largest absolute Gasteiger partial charge is 0.489 e. The van der Waals surface area contributed by atoms with E-state index in [0.29, 0.717) is 49.2 Å². The predicted molar refractivity (Wildman–Crippen MR) is 131 cm³/mol. The van der Waals surface area contributed by atoms with Crippen molar-refractivity contribution in [2.24, 2.45) is 5.92 Å². The second-order valence-electron chi connectivity index (χ2n) is 8.05. The van der Waals surface area contributed by atoms with Gasteiger partial charge >= 0.3 is 0 Å². The molecule has 0 aliphatic carbocycles. The average Bonchev–Trinajstić information content (AvgIpc) is 2.91. The Balaban J connectivity index is 1.13. The van der Waals surface area contributed by atoms with Gasteiger partial charge in [-0.1, -0.05) is 41.9 Å². The van der Waals surface area contributed by atoms with E-state index in [0.717, 1.165) is 11.4 Å². The quantitative estimate of drug-likeness (QED) is 0.462. The minimum absolute atomic E-state index is 0.198. The van der Waals surface area contributed by atoms with E-state index in [1.54, 1.807) is 36.4 Å². The number of piperidine rings is 1. The molecule has 2 N–H and O–H groups in total. The standard InChI is InChI=1S/C25H26ClN5O4/c26-22-10-11-23(28-27-22)31-14-12-19(13-15-31)25(33)30-29-24(32)17-35-21-8-6-20(7-9-21)34-16-18-4-2-1-3-5-18/h1-11,19H,12-17H2,(H,29,32)(H,30,33). The maximum atomic E-state index is 12.4. The molecule has 2 amide bonds. The number of aromatic nitrogens is 2. The predicted octanol–water partition coefficient (Wildman–Crippen LogP) is 3.15. The first-order chi connectivity index (χ1) is 17.1. The summed E-state index contributed by atoms with van der Waals surface area (Å²) in [5.74, 6) is 1.09. The molecule has 1 fully saturated rings. The van der Waals surface area contributed by atoms with Crippen LogP contribution in [-0.4, -0.2) is 41.7 Å². The van der Waals surface area contributed by atoms with Crippen LogP contribution < -0.4 is 25.2 Å². The van der Waals surface area contributed by atoms with Gasteiger partial charge in [0.2, 0.25) is 5.91 Å². The highest BCUT2D eigenvalue weighted by atomic mass is 35.5. The van der Waals surface area contributed by atoms with Crippen molar-refractivity contribution < 1.29 is 19.1 Å². The summed E-state index contributed by atoms with van der Waals surface area (Å²) in [6.45, 7) is 1.57. The molecule has 3 aromatic rings. The van der Waals surface area contributed by atoms with Crippen LogP contribution in [0.15, 0.2) is 66.7 Å². The number of hydrazine groups is 1. The molecule has 1 aromatic heterocycles. The Hall–Kier alpha value is -3.85. The van der Waals surface area contributed by atoms with Crippen LogP contribution in [0.5, 0.6) is 11.5 Å². The number of amides is 2. The van der Waals surface area contributed by atoms with Gasteiger partial charge < -0.3 is 14.4 Å². The molecule has 182 valence electrons. The first-order valence-electron chi connectivity index (χ1n) is 11.3. The van der Waals surface area contributed by atoms with E-state index in [2.05, 4.69) is 25.9 Å². The fourth-order valence-electron chi connectivity index (χ4n) is 3.64. The van der Waals surface area contributed by atoms with E-state index in [1.165, 1.54) is 0 Å². The highest BCUT2D eigenvalue weighted by Gasteiger charge is 2.26. The highest BCUT2D eigenvalue weighted by Crippen LogP contribution is 2.22. The molecule has 9 nitrogen and oxygen atoms in total. The summed E-state index contributed by atoms with van der Waals surface area (Å²) >= 11 is 5.78. The molecule has 4 rings (SSSR count). The lowest BCUT2D eigenvalue weighted by Gasteiger charge is -2.31. The second-order valence-corrected chi connectivity index (χ2v) is 8.43. The van der Waals surface area contributed by atoms with Gasteiger partial charge in [0.25, 0.3) is 5.91 Å². The van der Waals surface area contributed by atoms with Gasteiger partial charge in [-0.05, 0) is 54.8 Å². The molecule has 0 spiro atoms. The number of carbonyl (C=O) groups is 2. The first kappa shape index (κ1) is 24.3. The van der Waals surface area contributed by atoms with E-state index in [4.69, 9.17) is 21.1 Å². The summed E-state index contributed by atoms with van der Waals surface area (Å²) in [6.07, 6.45) is 1.28. The van der Waals surface area contributed by atoms with Gasteiger partial charge in [-0.25, -0.2) is 0 Å². The zero-order valence-electron chi connectivity index (χ0n) is 19.0. The molecule has 0 bridgehead atoms. The fraction of sp³-hybridized carbons (Fsp3) is 0.280. The van der Waals surface area contributed by atoms with Crippen LogP contribution in [0.25, 0.3) is 0 Å². The summed E-state index contributed by atoms with van der Waals surface area (Å²) in [6, 6.07) is 20.4. The molecule has 0 radical (unpaired) electrons. The Morgan fingerprint density at radius 1 is 0.886 bits per heavy atom. The maximum absolute atomic E-state index is 12.4. The topological polar surface area (TPSA) is 106 Å². The van der Waals surface area contributed by atoms with Gasteiger partial charge in [0.1, 0.15) is 18.1 Å². The number of nitrogens with one attached hydrogen (secondary N) is 2. The molecule has 2 heterocycles. The Morgan fingerprint density at radius 3 is 2.23 bits per heavy atom. The summed E-state index contributed by atoms with van der Waals surface area (Å²) < 4.78 is 11.2. The number of benzene rings is 2. The Kier molecular flexibility index (Phi) is 8.34. The highest BCUT2D eigenvalue weighted by molar-refractivity contribution is 6.29. The van der Waals surface area contributed by atoms with E-state index in [1.807, 2.05) is 30.3 Å². The first-order valence-corrected chi connectivity index (χ1v) is 11.7. The molecule has 1 aliphatic heterocycles. The van der Waals surface area contributed by atoms with Gasteiger partial charge in [-0.3, -0.25) is 20.4 Å². The van der Waals surface area contributed by atoms with Crippen molar-refractivity contribution in [1.82, 2.24) is 21.0 Å². The van der Waals surface area contributed by atoms with Gasteiger partial charge in [0.15, 0.2) is 17.6 Å². The summed E-state index contributed by atoms with van der Waals surface area (Å²) in [4.78, 5) is 26.6. The van der Waals surface area contributed by atoms with Crippen LogP contribution in [-0.2, 0) is 16.2 Å². The molecule has 1 aliphatic rings. The Labute approximate surface area is 208 Å².